The van der Waals surface area contributed by atoms with Crippen LogP contribution in [-0.4, -0.2) is 61.4 Å². The SMILES string of the molecule is CC(=O)N1CCN(C(=O)c2ccc(C)c(S(=O)(=O)NO)c2)CC1. The zero-order valence-corrected chi connectivity index (χ0v) is 13.8. The number of sulfonamides is 1. The van der Waals surface area contributed by atoms with Crippen LogP contribution >= 0.6 is 0 Å². The number of rotatable bonds is 3. The first kappa shape index (κ1) is 17.4. The van der Waals surface area contributed by atoms with Gasteiger partial charge in [0.2, 0.25) is 5.91 Å². The number of aryl methyl sites for hydroxylation is 1. The molecule has 1 fully saturated rings. The van der Waals surface area contributed by atoms with Crippen molar-refractivity contribution < 1.29 is 23.2 Å². The van der Waals surface area contributed by atoms with Gasteiger partial charge in [-0.2, -0.15) is 0 Å². The molecule has 2 amide bonds. The van der Waals surface area contributed by atoms with E-state index in [2.05, 4.69) is 0 Å². The molecular formula is C14H19N3O5S. The summed E-state index contributed by atoms with van der Waals surface area (Å²) in [6.07, 6.45) is 0. The lowest BCUT2D eigenvalue weighted by Gasteiger charge is -2.34. The van der Waals surface area contributed by atoms with Crippen LogP contribution in [0.4, 0.5) is 0 Å². The maximum absolute atomic E-state index is 12.5. The second kappa shape index (κ2) is 6.65. The van der Waals surface area contributed by atoms with Gasteiger partial charge in [0.1, 0.15) is 0 Å². The third-order valence-electron chi connectivity index (χ3n) is 3.86. The van der Waals surface area contributed by atoms with Crippen molar-refractivity contribution in [1.29, 1.82) is 0 Å². The van der Waals surface area contributed by atoms with Crippen LogP contribution in [0.3, 0.4) is 0 Å². The van der Waals surface area contributed by atoms with E-state index in [1.165, 1.54) is 23.9 Å². The highest BCUT2D eigenvalue weighted by Crippen LogP contribution is 2.18. The largest absolute Gasteiger partial charge is 0.339 e. The van der Waals surface area contributed by atoms with E-state index in [1.54, 1.807) is 22.8 Å². The van der Waals surface area contributed by atoms with Crippen molar-refractivity contribution in [3.63, 3.8) is 0 Å². The number of piperazine rings is 1. The Labute approximate surface area is 134 Å². The number of carbonyl (C=O) groups is 2. The topological polar surface area (TPSA) is 107 Å². The molecule has 0 radical (unpaired) electrons. The maximum Gasteiger partial charge on any atom is 0.262 e. The second-order valence-corrected chi connectivity index (χ2v) is 7.00. The molecule has 0 atom stereocenters. The van der Waals surface area contributed by atoms with E-state index in [4.69, 9.17) is 5.21 Å². The average molecular weight is 341 g/mol. The maximum atomic E-state index is 12.5. The van der Waals surface area contributed by atoms with Gasteiger partial charge < -0.3 is 15.0 Å². The zero-order chi connectivity index (χ0) is 17.2. The minimum atomic E-state index is -4.05. The Kier molecular flexibility index (Phi) is 5.03. The fourth-order valence-corrected chi connectivity index (χ4v) is 3.35. The molecule has 1 aromatic rings. The van der Waals surface area contributed by atoms with Gasteiger partial charge in [0.05, 0.1) is 4.90 Å². The van der Waals surface area contributed by atoms with Gasteiger partial charge in [0.25, 0.3) is 15.9 Å². The van der Waals surface area contributed by atoms with Gasteiger partial charge in [-0.3, -0.25) is 9.59 Å². The van der Waals surface area contributed by atoms with Crippen LogP contribution in [0.15, 0.2) is 23.1 Å². The summed E-state index contributed by atoms with van der Waals surface area (Å²) in [4.78, 5) is 28.1. The number of nitrogens with one attached hydrogen (secondary N) is 1. The van der Waals surface area contributed by atoms with Crippen molar-refractivity contribution >= 4 is 21.8 Å². The van der Waals surface area contributed by atoms with E-state index in [9.17, 15) is 18.0 Å². The van der Waals surface area contributed by atoms with Crippen LogP contribution in [0.5, 0.6) is 0 Å². The molecule has 126 valence electrons. The highest BCUT2D eigenvalue weighted by molar-refractivity contribution is 7.89. The molecule has 1 heterocycles. The van der Waals surface area contributed by atoms with Gasteiger partial charge in [0.15, 0.2) is 0 Å². The molecule has 1 aliphatic heterocycles. The number of amides is 2. The molecule has 0 aromatic heterocycles. The third-order valence-corrected chi connectivity index (χ3v) is 5.12. The van der Waals surface area contributed by atoms with Gasteiger partial charge in [-0.1, -0.05) is 11.0 Å². The van der Waals surface area contributed by atoms with E-state index in [0.717, 1.165) is 0 Å². The highest BCUT2D eigenvalue weighted by atomic mass is 32.2. The van der Waals surface area contributed by atoms with E-state index in [0.29, 0.717) is 31.7 Å². The van der Waals surface area contributed by atoms with Crippen molar-refractivity contribution in [2.45, 2.75) is 18.7 Å². The molecule has 0 spiro atoms. The van der Waals surface area contributed by atoms with E-state index < -0.39 is 10.0 Å². The van der Waals surface area contributed by atoms with Crippen molar-refractivity contribution in [2.24, 2.45) is 0 Å². The van der Waals surface area contributed by atoms with Crippen molar-refractivity contribution in [2.75, 3.05) is 26.2 Å². The molecule has 1 aromatic carbocycles. The third kappa shape index (κ3) is 3.69. The first-order valence-electron chi connectivity index (χ1n) is 7.07. The van der Waals surface area contributed by atoms with Gasteiger partial charge in [-0.15, -0.1) is 0 Å². The lowest BCUT2D eigenvalue weighted by molar-refractivity contribution is -0.130. The monoisotopic (exact) mass is 341 g/mol. The normalized spacial score (nSPS) is 15.6. The Morgan fingerprint density at radius 3 is 2.22 bits per heavy atom. The minimum absolute atomic E-state index is 0.0326. The number of hydrogen-bond donors (Lipinski definition) is 2. The van der Waals surface area contributed by atoms with Gasteiger partial charge in [-0.25, -0.2) is 8.42 Å². The molecule has 0 unspecified atom stereocenters. The summed E-state index contributed by atoms with van der Waals surface area (Å²) in [5.41, 5.74) is 0.644. The smallest absolute Gasteiger partial charge is 0.262 e. The van der Waals surface area contributed by atoms with Crippen molar-refractivity contribution in [3.8, 4) is 0 Å². The Balaban J connectivity index is 2.21. The lowest BCUT2D eigenvalue weighted by atomic mass is 10.1. The van der Waals surface area contributed by atoms with Crippen molar-refractivity contribution in [1.82, 2.24) is 14.7 Å². The Bertz CT molecular complexity index is 724. The van der Waals surface area contributed by atoms with Crippen LogP contribution in [0, 0.1) is 6.92 Å². The molecule has 0 aliphatic carbocycles. The number of hydrogen-bond acceptors (Lipinski definition) is 5. The predicted octanol–water partition coefficient (Wildman–Crippen LogP) is -0.0332. The Hall–Kier alpha value is -1.97. The van der Waals surface area contributed by atoms with Crippen LogP contribution in [-0.2, 0) is 14.8 Å². The summed E-state index contributed by atoms with van der Waals surface area (Å²) >= 11 is 0. The van der Waals surface area contributed by atoms with E-state index >= 15 is 0 Å². The first-order valence-corrected chi connectivity index (χ1v) is 8.56. The fraction of sp³-hybridized carbons (Fsp3) is 0.429. The van der Waals surface area contributed by atoms with E-state index in [1.807, 2.05) is 0 Å². The quantitative estimate of drug-likeness (QED) is 0.751. The summed E-state index contributed by atoms with van der Waals surface area (Å²) < 4.78 is 23.5. The Morgan fingerprint density at radius 2 is 1.70 bits per heavy atom. The summed E-state index contributed by atoms with van der Waals surface area (Å²) in [5.74, 6) is -0.336. The molecular weight excluding hydrogens is 322 g/mol. The highest BCUT2D eigenvalue weighted by Gasteiger charge is 2.25. The summed E-state index contributed by atoms with van der Waals surface area (Å²) in [5, 5.41) is 8.76. The average Bonchev–Trinajstić information content (AvgIpc) is 2.54. The van der Waals surface area contributed by atoms with Crippen LogP contribution in [0.2, 0.25) is 0 Å². The minimum Gasteiger partial charge on any atom is -0.339 e. The molecule has 1 saturated heterocycles. The molecule has 8 nitrogen and oxygen atoms in total. The van der Waals surface area contributed by atoms with Gasteiger partial charge >= 0.3 is 0 Å². The molecule has 23 heavy (non-hydrogen) atoms. The first-order chi connectivity index (χ1) is 10.8. The van der Waals surface area contributed by atoms with Crippen LogP contribution in [0.1, 0.15) is 22.8 Å². The second-order valence-electron chi connectivity index (χ2n) is 5.37. The Morgan fingerprint density at radius 1 is 1.13 bits per heavy atom. The summed E-state index contributed by atoms with van der Waals surface area (Å²) in [7, 11) is -4.05. The number of carbonyl (C=O) groups excluding carboxylic acids is 2. The standard InChI is InChI=1S/C14H19N3O5S/c1-10-3-4-12(9-13(10)23(21,22)15-20)14(19)17-7-5-16(6-8-17)11(2)18/h3-4,9,15,20H,5-8H2,1-2H3. The van der Waals surface area contributed by atoms with E-state index in [-0.39, 0.29) is 22.3 Å². The summed E-state index contributed by atoms with van der Waals surface area (Å²) in [6.45, 7) is 4.76. The molecule has 9 heteroatoms. The molecule has 0 saturated carbocycles. The zero-order valence-electron chi connectivity index (χ0n) is 12.9. The molecule has 2 rings (SSSR count). The molecule has 1 aliphatic rings. The summed E-state index contributed by atoms with van der Waals surface area (Å²) in [6, 6.07) is 4.31. The van der Waals surface area contributed by atoms with Gasteiger partial charge in [0, 0.05) is 38.7 Å². The van der Waals surface area contributed by atoms with Gasteiger partial charge in [-0.05, 0) is 24.6 Å². The number of benzene rings is 1. The number of nitrogens with zero attached hydrogens (tertiary/aromatic N) is 2. The van der Waals surface area contributed by atoms with Crippen LogP contribution < -0.4 is 4.89 Å². The van der Waals surface area contributed by atoms with Crippen LogP contribution in [0.25, 0.3) is 0 Å². The van der Waals surface area contributed by atoms with Crippen molar-refractivity contribution in [3.05, 3.63) is 29.3 Å². The molecule has 0 bridgehead atoms. The fourth-order valence-electron chi connectivity index (χ4n) is 2.48. The predicted molar refractivity (Wildman–Crippen MR) is 81.4 cm³/mol. The lowest BCUT2D eigenvalue weighted by Crippen LogP contribution is -2.50. The molecule has 2 N–H and O–H groups in total.